The molecule has 0 heterocycles. The lowest BCUT2D eigenvalue weighted by Crippen LogP contribution is -2.18. The first-order valence-corrected chi connectivity index (χ1v) is 9.15. The van der Waals surface area contributed by atoms with Gasteiger partial charge in [0.25, 0.3) is 0 Å². The van der Waals surface area contributed by atoms with Crippen molar-refractivity contribution in [2.24, 2.45) is 0 Å². The number of aryl methyl sites for hydroxylation is 3. The van der Waals surface area contributed by atoms with E-state index in [2.05, 4.69) is 0 Å². The molecule has 4 nitrogen and oxygen atoms in total. The Hall–Kier alpha value is -3.47. The Bertz CT molecular complexity index is 1010. The molecule has 0 radical (unpaired) electrons. The minimum Gasteiger partial charge on any atom is -0.481 e. The van der Waals surface area contributed by atoms with Gasteiger partial charge in [0.2, 0.25) is 0 Å². The van der Waals surface area contributed by atoms with Crippen molar-refractivity contribution < 1.29 is 23.5 Å². The summed E-state index contributed by atoms with van der Waals surface area (Å²) >= 11 is 0. The van der Waals surface area contributed by atoms with Crippen LogP contribution in [0, 0.1) is 26.6 Å². The maximum Gasteiger partial charge on any atom is 0.349 e. The lowest BCUT2D eigenvalue weighted by molar-refractivity contribution is -0.136. The quantitative estimate of drug-likeness (QED) is 0.338. The number of carbonyl (C=O) groups excluding carboxylic acids is 2. The van der Waals surface area contributed by atoms with E-state index >= 15 is 0 Å². The van der Waals surface area contributed by atoms with E-state index < -0.39 is 11.8 Å². The van der Waals surface area contributed by atoms with E-state index in [4.69, 9.17) is 9.47 Å². The van der Waals surface area contributed by atoms with Crippen molar-refractivity contribution in [1.82, 2.24) is 0 Å². The van der Waals surface area contributed by atoms with Crippen molar-refractivity contribution in [2.45, 2.75) is 20.8 Å². The molecule has 29 heavy (non-hydrogen) atoms. The highest BCUT2D eigenvalue weighted by molar-refractivity contribution is 6.09. The van der Waals surface area contributed by atoms with Crippen molar-refractivity contribution >= 4 is 11.8 Å². The second-order valence-electron chi connectivity index (χ2n) is 6.85. The van der Waals surface area contributed by atoms with Crippen molar-refractivity contribution in [3.05, 3.63) is 94.3 Å². The lowest BCUT2D eigenvalue weighted by Gasteiger charge is -2.12. The SMILES string of the molecule is Cc1cc(C)c(OCC(=O)Oc2ccc(C(=O)c3ccc(F)cc3)cc2)c(C)c1. The first kappa shape index (κ1) is 20.3. The Labute approximate surface area is 168 Å². The summed E-state index contributed by atoms with van der Waals surface area (Å²) in [6, 6.07) is 15.5. The highest BCUT2D eigenvalue weighted by Gasteiger charge is 2.12. The summed E-state index contributed by atoms with van der Waals surface area (Å²) in [6.45, 7) is 5.64. The molecule has 0 fully saturated rings. The molecule has 5 heteroatoms. The zero-order valence-electron chi connectivity index (χ0n) is 16.5. The zero-order valence-corrected chi connectivity index (χ0v) is 16.5. The fraction of sp³-hybridized carbons (Fsp3) is 0.167. The van der Waals surface area contributed by atoms with Crippen LogP contribution in [-0.2, 0) is 4.79 Å². The second-order valence-corrected chi connectivity index (χ2v) is 6.85. The van der Waals surface area contributed by atoms with Gasteiger partial charge >= 0.3 is 5.97 Å². The summed E-state index contributed by atoms with van der Waals surface area (Å²) in [5.41, 5.74) is 3.84. The predicted molar refractivity (Wildman–Crippen MR) is 108 cm³/mol. The highest BCUT2D eigenvalue weighted by atomic mass is 19.1. The molecule has 0 spiro atoms. The van der Waals surface area contributed by atoms with Gasteiger partial charge < -0.3 is 9.47 Å². The Balaban J connectivity index is 1.60. The van der Waals surface area contributed by atoms with Crippen LogP contribution in [0.4, 0.5) is 4.39 Å². The Morgan fingerprint density at radius 3 is 1.90 bits per heavy atom. The zero-order chi connectivity index (χ0) is 21.0. The molecular weight excluding hydrogens is 371 g/mol. The summed E-state index contributed by atoms with van der Waals surface area (Å²) in [4.78, 5) is 24.5. The van der Waals surface area contributed by atoms with Gasteiger partial charge in [0.05, 0.1) is 0 Å². The minimum absolute atomic E-state index is 0.221. The Morgan fingerprint density at radius 2 is 1.34 bits per heavy atom. The summed E-state index contributed by atoms with van der Waals surface area (Å²) in [5, 5.41) is 0. The smallest absolute Gasteiger partial charge is 0.349 e. The van der Waals surface area contributed by atoms with Gasteiger partial charge in [-0.15, -0.1) is 0 Å². The normalized spacial score (nSPS) is 10.5. The summed E-state index contributed by atoms with van der Waals surface area (Å²) in [6.07, 6.45) is 0. The van der Waals surface area contributed by atoms with Gasteiger partial charge in [-0.2, -0.15) is 0 Å². The van der Waals surface area contributed by atoms with Crippen LogP contribution in [0.2, 0.25) is 0 Å². The average Bonchev–Trinajstić information content (AvgIpc) is 2.68. The fourth-order valence-electron chi connectivity index (χ4n) is 3.13. The molecule has 0 unspecified atom stereocenters. The number of rotatable bonds is 6. The molecule has 0 amide bonds. The van der Waals surface area contributed by atoms with Crippen LogP contribution in [0.15, 0.2) is 60.7 Å². The van der Waals surface area contributed by atoms with Crippen LogP contribution in [0.3, 0.4) is 0 Å². The Kier molecular flexibility index (Phi) is 6.07. The number of esters is 1. The minimum atomic E-state index is -0.540. The number of benzene rings is 3. The number of hydrogen-bond donors (Lipinski definition) is 0. The maximum atomic E-state index is 13.0. The van der Waals surface area contributed by atoms with E-state index in [1.165, 1.54) is 36.4 Å². The van der Waals surface area contributed by atoms with Gasteiger partial charge in [-0.3, -0.25) is 4.79 Å². The van der Waals surface area contributed by atoms with Crippen LogP contribution < -0.4 is 9.47 Å². The first-order chi connectivity index (χ1) is 13.8. The van der Waals surface area contributed by atoms with Crippen LogP contribution >= 0.6 is 0 Å². The van der Waals surface area contributed by atoms with Crippen LogP contribution in [0.5, 0.6) is 11.5 Å². The largest absolute Gasteiger partial charge is 0.481 e. The van der Waals surface area contributed by atoms with Gasteiger partial charge in [0.15, 0.2) is 12.4 Å². The van der Waals surface area contributed by atoms with E-state index in [9.17, 15) is 14.0 Å². The fourth-order valence-corrected chi connectivity index (χ4v) is 3.13. The van der Waals surface area contributed by atoms with E-state index in [1.54, 1.807) is 12.1 Å². The Morgan fingerprint density at radius 1 is 0.828 bits per heavy atom. The average molecular weight is 392 g/mol. The molecule has 0 saturated carbocycles. The third-order valence-electron chi connectivity index (χ3n) is 4.39. The van der Waals surface area contributed by atoms with E-state index in [0.29, 0.717) is 22.6 Å². The molecule has 0 bridgehead atoms. The molecule has 0 aliphatic heterocycles. The summed E-state index contributed by atoms with van der Waals surface area (Å²) < 4.78 is 23.9. The molecule has 0 saturated heterocycles. The van der Waals surface area contributed by atoms with Crippen molar-refractivity contribution in [3.63, 3.8) is 0 Å². The van der Waals surface area contributed by atoms with Crippen LogP contribution in [0.25, 0.3) is 0 Å². The number of carbonyl (C=O) groups is 2. The summed E-state index contributed by atoms with van der Waals surface area (Å²) in [5.74, 6) is -0.194. The topological polar surface area (TPSA) is 52.6 Å². The molecule has 3 aromatic carbocycles. The van der Waals surface area contributed by atoms with Crippen molar-refractivity contribution in [3.8, 4) is 11.5 Å². The molecule has 0 aliphatic rings. The van der Waals surface area contributed by atoms with Crippen molar-refractivity contribution in [1.29, 1.82) is 0 Å². The van der Waals surface area contributed by atoms with E-state index in [1.807, 2.05) is 32.9 Å². The molecule has 148 valence electrons. The van der Waals surface area contributed by atoms with Gasteiger partial charge in [0, 0.05) is 11.1 Å². The van der Waals surface area contributed by atoms with Crippen LogP contribution in [-0.4, -0.2) is 18.4 Å². The molecule has 3 rings (SSSR count). The summed E-state index contributed by atoms with van der Waals surface area (Å²) in [7, 11) is 0. The molecule has 0 atom stereocenters. The molecule has 0 aliphatic carbocycles. The molecule has 0 N–H and O–H groups in total. The van der Waals surface area contributed by atoms with E-state index in [0.717, 1.165) is 16.7 Å². The number of ketones is 1. The monoisotopic (exact) mass is 392 g/mol. The molecular formula is C24H21FO4. The van der Waals surface area contributed by atoms with Gasteiger partial charge in [-0.25, -0.2) is 9.18 Å². The van der Waals surface area contributed by atoms with Crippen molar-refractivity contribution in [2.75, 3.05) is 6.61 Å². The maximum absolute atomic E-state index is 13.0. The standard InChI is InChI=1S/C24H21FO4/c1-15-12-16(2)24(17(3)13-15)28-14-22(26)29-21-10-6-19(7-11-21)23(27)18-4-8-20(25)9-5-18/h4-13H,14H2,1-3H3. The van der Waals surface area contributed by atoms with Gasteiger partial charge in [-0.1, -0.05) is 17.7 Å². The molecule has 3 aromatic rings. The first-order valence-electron chi connectivity index (χ1n) is 9.15. The van der Waals surface area contributed by atoms with Gasteiger partial charge in [-0.05, 0) is 80.4 Å². The molecule has 0 aromatic heterocycles. The van der Waals surface area contributed by atoms with Gasteiger partial charge in [0.1, 0.15) is 17.3 Å². The second kappa shape index (κ2) is 8.69. The number of ether oxygens (including phenoxy) is 2. The highest BCUT2D eigenvalue weighted by Crippen LogP contribution is 2.24. The van der Waals surface area contributed by atoms with E-state index in [-0.39, 0.29) is 12.4 Å². The lowest BCUT2D eigenvalue weighted by atomic mass is 10.0. The number of halogens is 1. The van der Waals surface area contributed by atoms with Crippen LogP contribution in [0.1, 0.15) is 32.6 Å². The third-order valence-corrected chi connectivity index (χ3v) is 4.39. The number of hydrogen-bond acceptors (Lipinski definition) is 4. The predicted octanol–water partition coefficient (Wildman–Crippen LogP) is 4.97. The third kappa shape index (κ3) is 5.08.